The highest BCUT2D eigenvalue weighted by Gasteiger charge is 2.48. The molecule has 0 radical (unpaired) electrons. The van der Waals surface area contributed by atoms with Gasteiger partial charge in [0.25, 0.3) is 0 Å². The van der Waals surface area contributed by atoms with E-state index in [2.05, 4.69) is 10.5 Å². The number of nitrogens with two attached hydrogens (primary N) is 1. The van der Waals surface area contributed by atoms with Crippen molar-refractivity contribution in [1.29, 1.82) is 0 Å². The highest BCUT2D eigenvalue weighted by molar-refractivity contribution is 6.07. The highest BCUT2D eigenvalue weighted by atomic mass is 19.1. The number of nitrogens with one attached hydrogen (secondary N) is 1. The van der Waals surface area contributed by atoms with Crippen molar-refractivity contribution in [3.63, 3.8) is 0 Å². The van der Waals surface area contributed by atoms with Gasteiger partial charge in [-0.1, -0.05) is 23.7 Å². The van der Waals surface area contributed by atoms with Crippen LogP contribution in [0.5, 0.6) is 0 Å². The van der Waals surface area contributed by atoms with Crippen LogP contribution in [-0.2, 0) is 4.79 Å². The maximum absolute atomic E-state index is 13.2. The van der Waals surface area contributed by atoms with E-state index < -0.39 is 5.41 Å². The molecule has 5 nitrogen and oxygen atoms in total. The second-order valence-electron chi connectivity index (χ2n) is 5.17. The van der Waals surface area contributed by atoms with E-state index in [1.165, 1.54) is 12.1 Å². The van der Waals surface area contributed by atoms with Gasteiger partial charge in [0.05, 0.1) is 6.04 Å². The van der Waals surface area contributed by atoms with Crippen molar-refractivity contribution in [3.8, 4) is 0 Å². The van der Waals surface area contributed by atoms with Crippen LogP contribution < -0.4 is 11.1 Å². The molecule has 6 heteroatoms. The van der Waals surface area contributed by atoms with Gasteiger partial charge in [-0.05, 0) is 37.5 Å². The fourth-order valence-corrected chi connectivity index (χ4v) is 2.42. The molecule has 2 rings (SSSR count). The standard InChI is InChI=1S/C14H18FN3O2/c1-9(10-4-2-5-11(15)8-10)17-13(19)14(6-3-7-14)12(16)18-20/h2,4-5,8-9,20H,3,6-7H2,1H3,(H2,16,18)(H,17,19). The predicted octanol–water partition coefficient (Wildman–Crippen LogP) is 1.92. The van der Waals surface area contributed by atoms with Crippen LogP contribution in [0.3, 0.4) is 0 Å². The quantitative estimate of drug-likeness (QED) is 0.340. The molecule has 1 atom stereocenters. The van der Waals surface area contributed by atoms with Crippen molar-refractivity contribution in [2.75, 3.05) is 0 Å². The summed E-state index contributed by atoms with van der Waals surface area (Å²) in [7, 11) is 0. The van der Waals surface area contributed by atoms with Crippen molar-refractivity contribution in [1.82, 2.24) is 5.32 Å². The first-order chi connectivity index (χ1) is 9.49. The summed E-state index contributed by atoms with van der Waals surface area (Å²) < 4.78 is 13.2. The highest BCUT2D eigenvalue weighted by Crippen LogP contribution is 2.41. The summed E-state index contributed by atoms with van der Waals surface area (Å²) in [5, 5.41) is 14.6. The van der Waals surface area contributed by atoms with Gasteiger partial charge < -0.3 is 16.3 Å². The molecule has 0 saturated heterocycles. The Morgan fingerprint density at radius 2 is 2.25 bits per heavy atom. The number of benzene rings is 1. The average Bonchev–Trinajstić information content (AvgIpc) is 2.37. The lowest BCUT2D eigenvalue weighted by molar-refractivity contribution is -0.131. The molecule has 1 aliphatic rings. The monoisotopic (exact) mass is 279 g/mol. The SMILES string of the molecule is CC(NC(=O)C1(/C(N)=N/O)CCC1)c1cccc(F)c1. The first kappa shape index (κ1) is 14.3. The molecule has 108 valence electrons. The molecular weight excluding hydrogens is 261 g/mol. The van der Waals surface area contributed by atoms with Gasteiger partial charge >= 0.3 is 0 Å². The number of rotatable bonds is 4. The van der Waals surface area contributed by atoms with Gasteiger partial charge in [-0.2, -0.15) is 0 Å². The van der Waals surface area contributed by atoms with Crippen LogP contribution in [0.1, 0.15) is 37.8 Å². The summed E-state index contributed by atoms with van der Waals surface area (Å²) in [6.07, 6.45) is 1.98. The van der Waals surface area contributed by atoms with Gasteiger partial charge in [-0.3, -0.25) is 4.79 Å². The largest absolute Gasteiger partial charge is 0.409 e. The fourth-order valence-electron chi connectivity index (χ4n) is 2.42. The Kier molecular flexibility index (Phi) is 3.92. The van der Waals surface area contributed by atoms with Gasteiger partial charge in [-0.15, -0.1) is 0 Å². The summed E-state index contributed by atoms with van der Waals surface area (Å²) in [4.78, 5) is 12.3. The minimum atomic E-state index is -0.920. The molecule has 1 aliphatic carbocycles. The second kappa shape index (κ2) is 5.48. The van der Waals surface area contributed by atoms with E-state index in [1.54, 1.807) is 19.1 Å². The summed E-state index contributed by atoms with van der Waals surface area (Å²) in [5.41, 5.74) is 5.38. The van der Waals surface area contributed by atoms with Crippen LogP contribution in [0, 0.1) is 11.2 Å². The minimum absolute atomic E-state index is 0.0623. The Hall–Kier alpha value is -2.11. The van der Waals surface area contributed by atoms with E-state index in [0.29, 0.717) is 18.4 Å². The zero-order chi connectivity index (χ0) is 14.8. The number of amides is 1. The average molecular weight is 279 g/mol. The van der Waals surface area contributed by atoms with E-state index in [1.807, 2.05) is 0 Å². The Bertz CT molecular complexity index is 541. The third-order valence-corrected chi connectivity index (χ3v) is 3.94. The van der Waals surface area contributed by atoms with Crippen LogP contribution in [0.15, 0.2) is 29.4 Å². The Labute approximate surface area is 116 Å². The van der Waals surface area contributed by atoms with Gasteiger partial charge in [0.15, 0.2) is 5.84 Å². The van der Waals surface area contributed by atoms with Gasteiger partial charge in [0.1, 0.15) is 11.2 Å². The van der Waals surface area contributed by atoms with Crippen molar-refractivity contribution in [2.45, 2.75) is 32.2 Å². The predicted molar refractivity (Wildman–Crippen MR) is 72.7 cm³/mol. The summed E-state index contributed by atoms with van der Waals surface area (Å²) in [6.45, 7) is 1.77. The van der Waals surface area contributed by atoms with Crippen LogP contribution in [0.4, 0.5) is 4.39 Å². The molecular formula is C14H18FN3O2. The number of carbonyl (C=O) groups excluding carboxylic acids is 1. The van der Waals surface area contributed by atoms with Crippen molar-refractivity contribution in [3.05, 3.63) is 35.6 Å². The third-order valence-electron chi connectivity index (χ3n) is 3.94. The Morgan fingerprint density at radius 1 is 1.55 bits per heavy atom. The zero-order valence-corrected chi connectivity index (χ0v) is 11.3. The number of oxime groups is 1. The second-order valence-corrected chi connectivity index (χ2v) is 5.17. The lowest BCUT2D eigenvalue weighted by Crippen LogP contribution is -2.54. The molecule has 0 heterocycles. The van der Waals surface area contributed by atoms with Crippen LogP contribution in [-0.4, -0.2) is 17.0 Å². The summed E-state index contributed by atoms with van der Waals surface area (Å²) in [6, 6.07) is 5.71. The molecule has 1 fully saturated rings. The number of carbonyl (C=O) groups is 1. The molecule has 1 saturated carbocycles. The zero-order valence-electron chi connectivity index (χ0n) is 11.3. The van der Waals surface area contributed by atoms with Gasteiger partial charge in [0, 0.05) is 0 Å². The molecule has 0 aromatic heterocycles. The Morgan fingerprint density at radius 3 is 2.75 bits per heavy atom. The van der Waals surface area contributed by atoms with Crippen molar-refractivity contribution in [2.24, 2.45) is 16.3 Å². The van der Waals surface area contributed by atoms with E-state index in [9.17, 15) is 9.18 Å². The molecule has 0 spiro atoms. The van der Waals surface area contributed by atoms with Gasteiger partial charge in [-0.25, -0.2) is 4.39 Å². The number of hydrogen-bond donors (Lipinski definition) is 3. The molecule has 1 unspecified atom stereocenters. The summed E-state index contributed by atoms with van der Waals surface area (Å²) in [5.74, 6) is -0.693. The molecule has 1 amide bonds. The lowest BCUT2D eigenvalue weighted by atomic mass is 9.67. The minimum Gasteiger partial charge on any atom is -0.409 e. The first-order valence-corrected chi connectivity index (χ1v) is 6.54. The molecule has 1 aromatic carbocycles. The first-order valence-electron chi connectivity index (χ1n) is 6.54. The number of halogens is 1. The molecule has 4 N–H and O–H groups in total. The Balaban J connectivity index is 2.11. The number of nitrogens with zero attached hydrogens (tertiary/aromatic N) is 1. The van der Waals surface area contributed by atoms with Gasteiger partial charge in [0.2, 0.25) is 5.91 Å². The third kappa shape index (κ3) is 2.45. The topological polar surface area (TPSA) is 87.7 Å². The van der Waals surface area contributed by atoms with E-state index in [4.69, 9.17) is 10.9 Å². The molecule has 0 aliphatic heterocycles. The van der Waals surface area contributed by atoms with Crippen LogP contribution >= 0.6 is 0 Å². The molecule has 0 bridgehead atoms. The molecule has 20 heavy (non-hydrogen) atoms. The fraction of sp³-hybridized carbons (Fsp3) is 0.429. The number of hydrogen-bond acceptors (Lipinski definition) is 3. The van der Waals surface area contributed by atoms with Crippen LogP contribution in [0.25, 0.3) is 0 Å². The normalized spacial score (nSPS) is 19.0. The van der Waals surface area contributed by atoms with E-state index in [-0.39, 0.29) is 23.6 Å². The van der Waals surface area contributed by atoms with E-state index >= 15 is 0 Å². The number of amidine groups is 1. The van der Waals surface area contributed by atoms with Crippen LogP contribution in [0.2, 0.25) is 0 Å². The van der Waals surface area contributed by atoms with Crippen molar-refractivity contribution >= 4 is 11.7 Å². The summed E-state index contributed by atoms with van der Waals surface area (Å²) >= 11 is 0. The maximum atomic E-state index is 13.2. The van der Waals surface area contributed by atoms with E-state index in [0.717, 1.165) is 6.42 Å². The molecule has 1 aromatic rings. The maximum Gasteiger partial charge on any atom is 0.234 e. The van der Waals surface area contributed by atoms with Crippen molar-refractivity contribution < 1.29 is 14.4 Å². The smallest absolute Gasteiger partial charge is 0.234 e. The lowest BCUT2D eigenvalue weighted by Gasteiger charge is -2.39.